The summed E-state index contributed by atoms with van der Waals surface area (Å²) in [6.07, 6.45) is 5.08. The molecule has 0 radical (unpaired) electrons. The Hall–Kier alpha value is -4.35. The molecule has 1 aliphatic heterocycles. The summed E-state index contributed by atoms with van der Waals surface area (Å²) in [5.74, 6) is -2.33. The molecule has 0 aromatic heterocycles. The molecular formula is C31H37N3O9. The number of azide groups is 1. The zero-order chi connectivity index (χ0) is 31.4. The fraction of sp³-hybridized carbons (Fsp3) is 0.419. The van der Waals surface area contributed by atoms with Crippen molar-refractivity contribution in [1.82, 2.24) is 0 Å². The molecular weight excluding hydrogens is 558 g/mol. The third kappa shape index (κ3) is 9.59. The molecule has 1 unspecified atom stereocenters. The van der Waals surface area contributed by atoms with E-state index >= 15 is 0 Å². The Labute approximate surface area is 250 Å². The first-order valence-corrected chi connectivity index (χ1v) is 13.6. The van der Waals surface area contributed by atoms with E-state index in [0.717, 1.165) is 0 Å². The van der Waals surface area contributed by atoms with Crippen molar-refractivity contribution in [1.29, 1.82) is 0 Å². The lowest BCUT2D eigenvalue weighted by molar-refractivity contribution is -0.152. The van der Waals surface area contributed by atoms with Crippen molar-refractivity contribution in [2.45, 2.75) is 51.3 Å². The van der Waals surface area contributed by atoms with Crippen molar-refractivity contribution < 1.29 is 43.1 Å². The Kier molecular flexibility index (Phi) is 12.2. The van der Waals surface area contributed by atoms with Gasteiger partial charge in [-0.3, -0.25) is 0 Å². The van der Waals surface area contributed by atoms with Crippen LogP contribution in [0.25, 0.3) is 16.5 Å². The number of carbonyl (C=O) groups excluding carboxylic acids is 1. The van der Waals surface area contributed by atoms with Crippen LogP contribution in [0.3, 0.4) is 0 Å². The van der Waals surface area contributed by atoms with Crippen molar-refractivity contribution in [3.8, 4) is 11.5 Å². The molecule has 0 spiro atoms. The summed E-state index contributed by atoms with van der Waals surface area (Å²) in [4.78, 5) is 28.0. The minimum Gasteiger partial charge on any atom is -0.497 e. The SMILES string of the molecule is COCOc1cc(OC)cc(/C=C/C[C@H]2OC(C)(C)O[C@@H]2C(/C=C\[C@@H](C)CN=[N+]=[N-])OC(=O)c2ccccc2)c1C(=O)O. The fourth-order valence-electron chi connectivity index (χ4n) is 4.49. The second-order valence-electron chi connectivity index (χ2n) is 10.2. The van der Waals surface area contributed by atoms with E-state index in [9.17, 15) is 14.7 Å². The number of methoxy groups -OCH3 is 2. The van der Waals surface area contributed by atoms with Gasteiger partial charge in [0, 0.05) is 24.6 Å². The quantitative estimate of drug-likeness (QED) is 0.0648. The summed E-state index contributed by atoms with van der Waals surface area (Å²) in [5.41, 5.74) is 9.34. The summed E-state index contributed by atoms with van der Waals surface area (Å²) >= 11 is 0. The van der Waals surface area contributed by atoms with Crippen molar-refractivity contribution in [2.75, 3.05) is 27.6 Å². The van der Waals surface area contributed by atoms with Gasteiger partial charge in [0.1, 0.15) is 29.3 Å². The van der Waals surface area contributed by atoms with Gasteiger partial charge in [0.05, 0.1) is 18.8 Å². The van der Waals surface area contributed by atoms with E-state index in [4.69, 9.17) is 34.0 Å². The summed E-state index contributed by atoms with van der Waals surface area (Å²) in [5, 5.41) is 13.5. The Morgan fingerprint density at radius 3 is 2.56 bits per heavy atom. The normalized spacial score (nSPS) is 19.1. The van der Waals surface area contributed by atoms with E-state index in [1.807, 2.05) is 6.92 Å². The first kappa shape index (κ1) is 33.2. The molecule has 2 aromatic rings. The molecule has 4 atom stereocenters. The van der Waals surface area contributed by atoms with Crippen molar-refractivity contribution in [3.05, 3.63) is 87.8 Å². The van der Waals surface area contributed by atoms with Crippen LogP contribution in [0.15, 0.2) is 65.8 Å². The number of carbonyl (C=O) groups is 2. The highest BCUT2D eigenvalue weighted by molar-refractivity contribution is 5.95. The summed E-state index contributed by atoms with van der Waals surface area (Å²) in [6, 6.07) is 11.7. The number of carboxylic acid groups (broad SMARTS) is 1. The molecule has 0 bridgehead atoms. The van der Waals surface area contributed by atoms with Gasteiger partial charge in [0.25, 0.3) is 0 Å². The molecule has 12 nitrogen and oxygen atoms in total. The fourth-order valence-corrected chi connectivity index (χ4v) is 4.49. The lowest BCUT2D eigenvalue weighted by atomic mass is 10.0. The molecule has 2 aromatic carbocycles. The number of ether oxygens (including phenoxy) is 6. The largest absolute Gasteiger partial charge is 0.497 e. The van der Waals surface area contributed by atoms with Gasteiger partial charge >= 0.3 is 11.9 Å². The first-order valence-electron chi connectivity index (χ1n) is 13.6. The molecule has 1 aliphatic rings. The van der Waals surface area contributed by atoms with Crippen LogP contribution in [0.5, 0.6) is 11.5 Å². The van der Waals surface area contributed by atoms with E-state index in [1.54, 1.807) is 74.5 Å². The molecule has 0 aliphatic carbocycles. The van der Waals surface area contributed by atoms with Crippen LogP contribution >= 0.6 is 0 Å². The van der Waals surface area contributed by atoms with Crippen LogP contribution < -0.4 is 9.47 Å². The standard InChI is InChI=1S/C31H37N3O9/c1-20(18-33-34-32)14-15-24(41-30(37)21-10-7-6-8-11-21)28-25(42-31(2,3)43-28)13-9-12-22-16-23(39-5)17-26(40-19-38-4)27(22)29(35)36/h6-12,14-17,20,24-25,28H,13,18-19H2,1-5H3,(H,35,36)/b12-9+,15-14-/t20-,24?,25-,28-/m1/s1. The zero-order valence-electron chi connectivity index (χ0n) is 24.8. The Balaban J connectivity index is 1.91. The number of carboxylic acids is 1. The van der Waals surface area contributed by atoms with Gasteiger partial charge in [0.15, 0.2) is 12.6 Å². The highest BCUT2D eigenvalue weighted by Crippen LogP contribution is 2.35. The number of nitrogens with zero attached hydrogens (tertiary/aromatic N) is 3. The zero-order valence-corrected chi connectivity index (χ0v) is 24.8. The van der Waals surface area contributed by atoms with Crippen molar-refractivity contribution in [2.24, 2.45) is 11.0 Å². The van der Waals surface area contributed by atoms with E-state index < -0.39 is 36.0 Å². The van der Waals surface area contributed by atoms with Crippen LogP contribution in [0.2, 0.25) is 0 Å². The predicted octanol–water partition coefficient (Wildman–Crippen LogP) is 6.03. The molecule has 0 saturated carbocycles. The monoisotopic (exact) mass is 595 g/mol. The van der Waals surface area contributed by atoms with Crippen LogP contribution in [0.1, 0.15) is 53.5 Å². The van der Waals surface area contributed by atoms with E-state index in [2.05, 4.69) is 10.0 Å². The molecule has 12 heteroatoms. The maximum Gasteiger partial charge on any atom is 0.340 e. The lowest BCUT2D eigenvalue weighted by Crippen LogP contribution is -2.37. The minimum atomic E-state index is -1.18. The number of benzene rings is 2. The van der Waals surface area contributed by atoms with E-state index in [1.165, 1.54) is 20.3 Å². The van der Waals surface area contributed by atoms with Gasteiger partial charge in [-0.25, -0.2) is 9.59 Å². The third-order valence-corrected chi connectivity index (χ3v) is 6.41. The van der Waals surface area contributed by atoms with Gasteiger partial charge in [-0.15, -0.1) is 0 Å². The van der Waals surface area contributed by atoms with Crippen molar-refractivity contribution >= 4 is 18.0 Å². The van der Waals surface area contributed by atoms with Crippen LogP contribution in [0.4, 0.5) is 0 Å². The van der Waals surface area contributed by atoms with Gasteiger partial charge in [-0.2, -0.15) is 0 Å². The summed E-state index contributed by atoms with van der Waals surface area (Å²) in [6.45, 7) is 5.49. The minimum absolute atomic E-state index is 0.0545. The number of hydrogen-bond donors (Lipinski definition) is 1. The van der Waals surface area contributed by atoms with Gasteiger partial charge in [-0.1, -0.05) is 48.5 Å². The Morgan fingerprint density at radius 1 is 1.16 bits per heavy atom. The Bertz CT molecular complexity index is 1350. The van der Waals surface area contributed by atoms with E-state index in [-0.39, 0.29) is 30.6 Å². The second kappa shape index (κ2) is 15.8. The highest BCUT2D eigenvalue weighted by atomic mass is 16.8. The molecule has 1 heterocycles. The molecule has 1 fully saturated rings. The highest BCUT2D eigenvalue weighted by Gasteiger charge is 2.45. The van der Waals surface area contributed by atoms with Crippen LogP contribution in [-0.2, 0) is 18.9 Å². The molecule has 1 N–H and O–H groups in total. The number of aromatic carboxylic acids is 1. The number of hydrogen-bond acceptors (Lipinski definition) is 9. The smallest absolute Gasteiger partial charge is 0.340 e. The molecule has 43 heavy (non-hydrogen) atoms. The second-order valence-corrected chi connectivity index (χ2v) is 10.2. The number of esters is 1. The molecule has 0 amide bonds. The average Bonchev–Trinajstić information content (AvgIpc) is 3.30. The van der Waals surface area contributed by atoms with Crippen LogP contribution in [0, 0.1) is 5.92 Å². The molecule has 1 saturated heterocycles. The lowest BCUT2D eigenvalue weighted by Gasteiger charge is -2.24. The maximum absolute atomic E-state index is 13.0. The van der Waals surface area contributed by atoms with Crippen molar-refractivity contribution in [3.63, 3.8) is 0 Å². The first-order chi connectivity index (χ1) is 20.6. The van der Waals surface area contributed by atoms with E-state index in [0.29, 0.717) is 23.3 Å². The summed E-state index contributed by atoms with van der Waals surface area (Å²) in [7, 11) is 2.90. The topological polar surface area (TPSA) is 159 Å². The third-order valence-electron chi connectivity index (χ3n) is 6.41. The van der Waals surface area contributed by atoms with Gasteiger partial charge < -0.3 is 33.5 Å². The summed E-state index contributed by atoms with van der Waals surface area (Å²) < 4.78 is 34.1. The predicted molar refractivity (Wildman–Crippen MR) is 158 cm³/mol. The average molecular weight is 596 g/mol. The number of rotatable bonds is 15. The van der Waals surface area contributed by atoms with Gasteiger partial charge in [-0.05, 0) is 61.6 Å². The van der Waals surface area contributed by atoms with Gasteiger partial charge in [0.2, 0.25) is 0 Å². The van der Waals surface area contributed by atoms with Crippen LogP contribution in [-0.4, -0.2) is 68.7 Å². The maximum atomic E-state index is 13.0. The molecule has 230 valence electrons. The molecule has 3 rings (SSSR count). The Morgan fingerprint density at radius 2 is 1.91 bits per heavy atom.